The largest absolute Gasteiger partial charge is 0.391 e. The summed E-state index contributed by atoms with van der Waals surface area (Å²) in [6, 6.07) is 10.6. The first-order chi connectivity index (χ1) is 10.5. The van der Waals surface area contributed by atoms with Crippen LogP contribution in [0, 0.1) is 0 Å². The molecule has 4 N–H and O–H groups in total. The van der Waals surface area contributed by atoms with Crippen LogP contribution in [-0.2, 0) is 6.42 Å². The van der Waals surface area contributed by atoms with Crippen LogP contribution in [0.25, 0.3) is 0 Å². The van der Waals surface area contributed by atoms with Gasteiger partial charge >= 0.3 is 0 Å². The number of carbonyl (C=O) groups is 2. The Bertz CT molecular complexity index is 654. The lowest BCUT2D eigenvalue weighted by molar-refractivity contribution is 0.0855. The molecule has 22 heavy (non-hydrogen) atoms. The summed E-state index contributed by atoms with van der Waals surface area (Å²) >= 11 is 1.15. The van der Waals surface area contributed by atoms with Gasteiger partial charge in [0.2, 0.25) is 5.91 Å². The van der Waals surface area contributed by atoms with Crippen molar-refractivity contribution in [2.45, 2.75) is 25.5 Å². The van der Waals surface area contributed by atoms with Gasteiger partial charge in [0.05, 0.1) is 22.6 Å². The molecule has 0 aliphatic heterocycles. The Morgan fingerprint density at radius 1 is 1.32 bits per heavy atom. The Labute approximate surface area is 132 Å². The van der Waals surface area contributed by atoms with E-state index in [-0.39, 0.29) is 5.91 Å². The lowest BCUT2D eigenvalue weighted by Crippen LogP contribution is -2.41. The van der Waals surface area contributed by atoms with Gasteiger partial charge < -0.3 is 16.2 Å². The molecule has 116 valence electrons. The molecule has 0 saturated carbocycles. The van der Waals surface area contributed by atoms with E-state index in [1.807, 2.05) is 30.3 Å². The maximum Gasteiger partial charge on any atom is 0.261 e. The molecular weight excluding hydrogens is 300 g/mol. The number of carbonyl (C=O) groups excluding carboxylic acids is 2. The van der Waals surface area contributed by atoms with Gasteiger partial charge in [-0.2, -0.15) is 0 Å². The zero-order chi connectivity index (χ0) is 16.1. The zero-order valence-corrected chi connectivity index (χ0v) is 13.0. The molecule has 2 rings (SSSR count). The maximum absolute atomic E-state index is 12.1. The quantitative estimate of drug-likeness (QED) is 0.755. The second kappa shape index (κ2) is 7.20. The van der Waals surface area contributed by atoms with E-state index < -0.39 is 18.1 Å². The monoisotopic (exact) mass is 318 g/mol. The molecular formula is C16H18N2O3S. The SMILES string of the molecule is CC(NC(=O)c1cc(C(N)=O)cs1)C(O)Cc1ccccc1. The van der Waals surface area contributed by atoms with Crippen molar-refractivity contribution in [3.63, 3.8) is 0 Å². The smallest absolute Gasteiger partial charge is 0.261 e. The lowest BCUT2D eigenvalue weighted by atomic mass is 10.0. The van der Waals surface area contributed by atoms with Gasteiger partial charge in [-0.05, 0) is 18.6 Å². The van der Waals surface area contributed by atoms with Gasteiger partial charge in [0, 0.05) is 11.8 Å². The average Bonchev–Trinajstić information content (AvgIpc) is 2.98. The van der Waals surface area contributed by atoms with E-state index in [1.54, 1.807) is 12.3 Å². The van der Waals surface area contributed by atoms with Gasteiger partial charge in [-0.3, -0.25) is 9.59 Å². The minimum Gasteiger partial charge on any atom is -0.391 e. The van der Waals surface area contributed by atoms with Gasteiger partial charge in [-0.25, -0.2) is 0 Å². The molecule has 0 bridgehead atoms. The van der Waals surface area contributed by atoms with Gasteiger partial charge in [0.15, 0.2) is 0 Å². The van der Waals surface area contributed by atoms with Crippen LogP contribution in [0.1, 0.15) is 32.5 Å². The Kier molecular flexibility index (Phi) is 5.30. The second-order valence-corrected chi connectivity index (χ2v) is 5.99. The number of rotatable bonds is 6. The summed E-state index contributed by atoms with van der Waals surface area (Å²) in [5.41, 5.74) is 6.47. The fourth-order valence-electron chi connectivity index (χ4n) is 1.99. The number of amides is 2. The highest BCUT2D eigenvalue weighted by Crippen LogP contribution is 2.15. The molecule has 6 heteroatoms. The van der Waals surface area contributed by atoms with Crippen molar-refractivity contribution in [2.24, 2.45) is 5.73 Å². The minimum atomic E-state index is -0.693. The van der Waals surface area contributed by atoms with Crippen LogP contribution < -0.4 is 11.1 Å². The van der Waals surface area contributed by atoms with E-state index in [9.17, 15) is 14.7 Å². The van der Waals surface area contributed by atoms with E-state index in [2.05, 4.69) is 5.32 Å². The van der Waals surface area contributed by atoms with Crippen molar-refractivity contribution in [2.75, 3.05) is 0 Å². The number of aliphatic hydroxyl groups is 1. The van der Waals surface area contributed by atoms with Gasteiger partial charge in [-0.1, -0.05) is 30.3 Å². The number of primary amides is 1. The summed E-state index contributed by atoms with van der Waals surface area (Å²) in [5, 5.41) is 14.5. The van der Waals surface area contributed by atoms with Gasteiger partial charge in [0.1, 0.15) is 0 Å². The van der Waals surface area contributed by atoms with E-state index in [0.717, 1.165) is 16.9 Å². The van der Waals surface area contributed by atoms with Crippen LogP contribution in [0.3, 0.4) is 0 Å². The summed E-state index contributed by atoms with van der Waals surface area (Å²) in [4.78, 5) is 23.5. The van der Waals surface area contributed by atoms with E-state index in [4.69, 9.17) is 5.73 Å². The number of nitrogens with two attached hydrogens (primary N) is 1. The molecule has 0 aliphatic rings. The lowest BCUT2D eigenvalue weighted by Gasteiger charge is -2.20. The second-order valence-electron chi connectivity index (χ2n) is 5.08. The van der Waals surface area contributed by atoms with Crippen LogP contribution in [0.5, 0.6) is 0 Å². The van der Waals surface area contributed by atoms with Gasteiger partial charge in [0.25, 0.3) is 5.91 Å². The average molecular weight is 318 g/mol. The minimum absolute atomic E-state index is 0.313. The number of nitrogens with one attached hydrogen (secondary N) is 1. The first-order valence-corrected chi connectivity index (χ1v) is 7.76. The molecule has 0 aliphatic carbocycles. The molecule has 1 aromatic heterocycles. The van der Waals surface area contributed by atoms with Crippen LogP contribution >= 0.6 is 11.3 Å². The third-order valence-electron chi connectivity index (χ3n) is 3.33. The van der Waals surface area contributed by atoms with Crippen molar-refractivity contribution < 1.29 is 14.7 Å². The fraction of sp³-hybridized carbons (Fsp3) is 0.250. The standard InChI is InChI=1S/C16H18N2O3S/c1-10(13(19)7-11-5-3-2-4-6-11)18-16(21)14-8-12(9-22-14)15(17)20/h2-6,8-10,13,19H,7H2,1H3,(H2,17,20)(H,18,21). The maximum atomic E-state index is 12.1. The van der Waals surface area contributed by atoms with Gasteiger partial charge in [-0.15, -0.1) is 11.3 Å². The molecule has 0 radical (unpaired) electrons. The molecule has 0 spiro atoms. The van der Waals surface area contributed by atoms with Crippen LogP contribution in [0.15, 0.2) is 41.8 Å². The molecule has 1 aromatic carbocycles. The summed E-state index contributed by atoms with van der Waals surface area (Å²) in [7, 11) is 0. The van der Waals surface area contributed by atoms with Crippen molar-refractivity contribution in [1.82, 2.24) is 5.32 Å². The summed E-state index contributed by atoms with van der Waals surface area (Å²) in [6.07, 6.45) is -0.235. The fourth-order valence-corrected chi connectivity index (χ4v) is 2.79. The summed E-state index contributed by atoms with van der Waals surface area (Å²) in [6.45, 7) is 1.74. The Hall–Kier alpha value is -2.18. The number of benzene rings is 1. The Balaban J connectivity index is 1.93. The van der Waals surface area contributed by atoms with Crippen LogP contribution in [0.4, 0.5) is 0 Å². The number of aliphatic hydroxyl groups excluding tert-OH is 1. The topological polar surface area (TPSA) is 92.4 Å². The molecule has 1 heterocycles. The highest BCUT2D eigenvalue weighted by atomic mass is 32.1. The normalized spacial score (nSPS) is 13.4. The number of thiophene rings is 1. The van der Waals surface area contributed by atoms with Crippen molar-refractivity contribution in [3.05, 3.63) is 57.8 Å². The molecule has 2 unspecified atom stereocenters. The van der Waals surface area contributed by atoms with E-state index >= 15 is 0 Å². The molecule has 0 saturated heterocycles. The molecule has 5 nitrogen and oxygen atoms in total. The Morgan fingerprint density at radius 2 is 2.00 bits per heavy atom. The van der Waals surface area contributed by atoms with Crippen LogP contribution in [0.2, 0.25) is 0 Å². The predicted molar refractivity (Wildman–Crippen MR) is 85.9 cm³/mol. The van der Waals surface area contributed by atoms with Crippen LogP contribution in [-0.4, -0.2) is 29.1 Å². The van der Waals surface area contributed by atoms with Crippen molar-refractivity contribution in [3.8, 4) is 0 Å². The third-order valence-corrected chi connectivity index (χ3v) is 4.26. The van der Waals surface area contributed by atoms with Crippen molar-refractivity contribution >= 4 is 23.2 Å². The zero-order valence-electron chi connectivity index (χ0n) is 12.2. The number of hydrogen-bond donors (Lipinski definition) is 3. The summed E-state index contributed by atoms with van der Waals surface area (Å²) in [5.74, 6) is -0.885. The van der Waals surface area contributed by atoms with E-state index in [0.29, 0.717) is 16.9 Å². The third kappa shape index (κ3) is 4.16. The summed E-state index contributed by atoms with van der Waals surface area (Å²) < 4.78 is 0. The molecule has 2 amide bonds. The van der Waals surface area contributed by atoms with Crippen molar-refractivity contribution in [1.29, 1.82) is 0 Å². The predicted octanol–water partition coefficient (Wildman–Crippen LogP) is 1.57. The highest BCUT2D eigenvalue weighted by molar-refractivity contribution is 7.12. The highest BCUT2D eigenvalue weighted by Gasteiger charge is 2.19. The molecule has 2 aromatic rings. The first-order valence-electron chi connectivity index (χ1n) is 6.88. The first kappa shape index (κ1) is 16.2. The number of hydrogen-bond acceptors (Lipinski definition) is 4. The van der Waals surface area contributed by atoms with E-state index in [1.165, 1.54) is 6.07 Å². The molecule has 2 atom stereocenters. The molecule has 0 fully saturated rings. The Morgan fingerprint density at radius 3 is 2.59 bits per heavy atom.